The second-order valence-corrected chi connectivity index (χ2v) is 2.93. The van der Waals surface area contributed by atoms with Crippen LogP contribution < -0.4 is 4.74 Å². The van der Waals surface area contributed by atoms with Gasteiger partial charge in [-0.2, -0.15) is 5.26 Å². The normalized spacial score (nSPS) is 9.13. The van der Waals surface area contributed by atoms with E-state index in [0.29, 0.717) is 12.0 Å². The summed E-state index contributed by atoms with van der Waals surface area (Å²) >= 11 is 0. The molecule has 0 atom stereocenters. The summed E-state index contributed by atoms with van der Waals surface area (Å²) in [7, 11) is 1.43. The van der Waals surface area contributed by atoms with Gasteiger partial charge < -0.3 is 4.74 Å². The van der Waals surface area contributed by atoms with Crippen molar-refractivity contribution in [1.82, 2.24) is 0 Å². The molecule has 1 aromatic carbocycles. The zero-order chi connectivity index (χ0) is 11.4. The lowest BCUT2D eigenvalue weighted by Crippen LogP contribution is -2.03. The topological polar surface area (TPSA) is 67.2 Å². The molecule has 76 valence electrons. The summed E-state index contributed by atoms with van der Waals surface area (Å²) in [4.78, 5) is 22.0. The standard InChI is InChI=1S/C11H9NO3/c1-7(14)11-8(5-12)3-10(15-2)4-9(11)6-13/h3-4,6H,1-2H3. The molecule has 0 fully saturated rings. The first-order valence-corrected chi connectivity index (χ1v) is 4.22. The highest BCUT2D eigenvalue weighted by Gasteiger charge is 2.14. The van der Waals surface area contributed by atoms with Crippen LogP contribution in [-0.4, -0.2) is 19.2 Å². The highest BCUT2D eigenvalue weighted by molar-refractivity contribution is 6.03. The van der Waals surface area contributed by atoms with Crippen molar-refractivity contribution in [1.29, 1.82) is 5.26 Å². The van der Waals surface area contributed by atoms with Crippen molar-refractivity contribution in [3.63, 3.8) is 0 Å². The minimum absolute atomic E-state index is 0.147. The van der Waals surface area contributed by atoms with Crippen molar-refractivity contribution in [2.75, 3.05) is 7.11 Å². The molecule has 0 amide bonds. The van der Waals surface area contributed by atoms with Gasteiger partial charge in [-0.3, -0.25) is 9.59 Å². The molecule has 0 spiro atoms. The molecule has 0 aliphatic rings. The molecule has 0 N–H and O–H groups in total. The number of ketones is 1. The van der Waals surface area contributed by atoms with Crippen molar-refractivity contribution in [2.45, 2.75) is 6.92 Å². The summed E-state index contributed by atoms with van der Waals surface area (Å²) in [5.41, 5.74) is 0.482. The monoisotopic (exact) mass is 203 g/mol. The van der Waals surface area contributed by atoms with Crippen molar-refractivity contribution < 1.29 is 14.3 Å². The lowest BCUT2D eigenvalue weighted by atomic mass is 9.99. The first kappa shape index (κ1) is 10.9. The first-order valence-electron chi connectivity index (χ1n) is 4.22. The molecule has 1 aromatic rings. The summed E-state index contributed by atoms with van der Waals surface area (Å²) in [5, 5.41) is 8.83. The largest absolute Gasteiger partial charge is 0.497 e. The van der Waals surface area contributed by atoms with Gasteiger partial charge in [0.25, 0.3) is 0 Å². The molecule has 4 heteroatoms. The molecule has 15 heavy (non-hydrogen) atoms. The average Bonchev–Trinajstić information content (AvgIpc) is 2.26. The molecule has 0 saturated heterocycles. The Morgan fingerprint density at radius 3 is 2.60 bits per heavy atom. The fourth-order valence-corrected chi connectivity index (χ4v) is 1.33. The first-order chi connectivity index (χ1) is 7.13. The van der Waals surface area contributed by atoms with Crippen LogP contribution in [0.2, 0.25) is 0 Å². The minimum atomic E-state index is -0.309. The zero-order valence-corrected chi connectivity index (χ0v) is 8.40. The Balaban J connectivity index is 3.55. The van der Waals surface area contributed by atoms with Crippen LogP contribution in [0.3, 0.4) is 0 Å². The Morgan fingerprint density at radius 2 is 2.20 bits per heavy atom. The lowest BCUT2D eigenvalue weighted by molar-refractivity contribution is 0.100. The minimum Gasteiger partial charge on any atom is -0.497 e. The number of hydrogen-bond donors (Lipinski definition) is 0. The number of ether oxygens (including phenoxy) is 1. The van der Waals surface area contributed by atoms with Crippen LogP contribution in [0.4, 0.5) is 0 Å². The van der Waals surface area contributed by atoms with Gasteiger partial charge in [0.1, 0.15) is 11.8 Å². The molecule has 0 aromatic heterocycles. The third kappa shape index (κ3) is 2.02. The highest BCUT2D eigenvalue weighted by atomic mass is 16.5. The van der Waals surface area contributed by atoms with Crippen molar-refractivity contribution in [3.05, 3.63) is 28.8 Å². The fourth-order valence-electron chi connectivity index (χ4n) is 1.33. The second kappa shape index (κ2) is 4.38. The molecular weight excluding hydrogens is 194 g/mol. The van der Waals surface area contributed by atoms with Gasteiger partial charge >= 0.3 is 0 Å². The van der Waals surface area contributed by atoms with Gasteiger partial charge in [0.05, 0.1) is 12.7 Å². The number of hydrogen-bond acceptors (Lipinski definition) is 4. The van der Waals surface area contributed by atoms with Crippen LogP contribution in [0.15, 0.2) is 12.1 Å². The second-order valence-electron chi connectivity index (χ2n) is 2.93. The van der Waals surface area contributed by atoms with Gasteiger partial charge in [0.2, 0.25) is 0 Å². The Bertz CT molecular complexity index is 458. The molecule has 0 heterocycles. The Morgan fingerprint density at radius 1 is 1.53 bits per heavy atom. The van der Waals surface area contributed by atoms with Crippen molar-refractivity contribution >= 4 is 12.1 Å². The van der Waals surface area contributed by atoms with Gasteiger partial charge in [-0.15, -0.1) is 0 Å². The maximum Gasteiger partial charge on any atom is 0.161 e. The third-order valence-corrected chi connectivity index (χ3v) is 1.98. The number of Topliss-reactive ketones (excluding diaryl/α,β-unsaturated/α-hetero) is 1. The van der Waals surface area contributed by atoms with Gasteiger partial charge in [0.15, 0.2) is 12.1 Å². The Hall–Kier alpha value is -2.15. The SMILES string of the molecule is COc1cc(C#N)c(C(C)=O)c(C=O)c1. The van der Waals surface area contributed by atoms with Crippen LogP contribution in [-0.2, 0) is 0 Å². The van der Waals surface area contributed by atoms with Gasteiger partial charge in [-0.1, -0.05) is 0 Å². The molecule has 1 rings (SSSR count). The molecule has 0 radical (unpaired) electrons. The molecule has 0 unspecified atom stereocenters. The molecule has 0 saturated carbocycles. The summed E-state index contributed by atoms with van der Waals surface area (Å²) in [5.74, 6) is 0.0787. The van der Waals surface area contributed by atoms with Crippen molar-refractivity contribution in [3.8, 4) is 11.8 Å². The molecule has 4 nitrogen and oxygen atoms in total. The van der Waals surface area contributed by atoms with Gasteiger partial charge in [-0.25, -0.2) is 0 Å². The number of nitrogens with zero attached hydrogens (tertiary/aromatic N) is 1. The van der Waals surface area contributed by atoms with E-state index < -0.39 is 0 Å². The number of benzene rings is 1. The van der Waals surface area contributed by atoms with E-state index in [1.807, 2.05) is 6.07 Å². The number of rotatable bonds is 3. The van der Waals surface area contributed by atoms with E-state index in [9.17, 15) is 9.59 Å². The Labute approximate surface area is 87.1 Å². The summed E-state index contributed by atoms with van der Waals surface area (Å²) in [6, 6.07) is 4.74. The smallest absolute Gasteiger partial charge is 0.161 e. The summed E-state index contributed by atoms with van der Waals surface area (Å²) in [6.45, 7) is 1.32. The maximum absolute atomic E-state index is 11.3. The number of carbonyl (C=O) groups is 2. The van der Waals surface area contributed by atoms with Crippen LogP contribution in [0.25, 0.3) is 0 Å². The predicted octanol–water partition coefficient (Wildman–Crippen LogP) is 1.58. The maximum atomic E-state index is 11.3. The third-order valence-electron chi connectivity index (χ3n) is 1.98. The van der Waals surface area contributed by atoms with E-state index in [-0.39, 0.29) is 22.5 Å². The quantitative estimate of drug-likeness (QED) is 0.552. The number of nitriles is 1. The lowest BCUT2D eigenvalue weighted by Gasteiger charge is -2.06. The number of methoxy groups -OCH3 is 1. The fraction of sp³-hybridized carbons (Fsp3) is 0.182. The van der Waals surface area contributed by atoms with Gasteiger partial charge in [0, 0.05) is 11.1 Å². The van der Waals surface area contributed by atoms with E-state index in [1.165, 1.54) is 26.2 Å². The molecule has 0 bridgehead atoms. The highest BCUT2D eigenvalue weighted by Crippen LogP contribution is 2.21. The van der Waals surface area contributed by atoms with Crippen LogP contribution in [0.1, 0.15) is 33.2 Å². The van der Waals surface area contributed by atoms with E-state index in [0.717, 1.165) is 0 Å². The number of aldehydes is 1. The predicted molar refractivity (Wildman–Crippen MR) is 53.1 cm³/mol. The Kier molecular flexibility index (Phi) is 3.19. The average molecular weight is 203 g/mol. The van der Waals surface area contributed by atoms with E-state index in [1.54, 1.807) is 0 Å². The summed E-state index contributed by atoms with van der Waals surface area (Å²) < 4.78 is 4.91. The van der Waals surface area contributed by atoms with Crippen LogP contribution >= 0.6 is 0 Å². The molecular formula is C11H9NO3. The number of carbonyl (C=O) groups excluding carboxylic acids is 2. The van der Waals surface area contributed by atoms with E-state index in [4.69, 9.17) is 10.00 Å². The van der Waals surface area contributed by atoms with Crippen LogP contribution in [0, 0.1) is 11.3 Å². The van der Waals surface area contributed by atoms with Gasteiger partial charge in [-0.05, 0) is 19.1 Å². The van der Waals surface area contributed by atoms with Crippen LogP contribution in [0.5, 0.6) is 5.75 Å². The van der Waals surface area contributed by atoms with E-state index in [2.05, 4.69) is 0 Å². The summed E-state index contributed by atoms with van der Waals surface area (Å²) in [6.07, 6.45) is 0.542. The molecule has 0 aliphatic carbocycles. The van der Waals surface area contributed by atoms with Crippen molar-refractivity contribution in [2.24, 2.45) is 0 Å². The molecule has 0 aliphatic heterocycles. The van der Waals surface area contributed by atoms with E-state index >= 15 is 0 Å². The zero-order valence-electron chi connectivity index (χ0n) is 8.40.